The fourth-order valence-corrected chi connectivity index (χ4v) is 4.42. The Morgan fingerprint density at radius 2 is 1.56 bits per heavy atom. The van der Waals surface area contributed by atoms with E-state index in [0.717, 1.165) is 11.1 Å². The summed E-state index contributed by atoms with van der Waals surface area (Å²) in [5.74, 6) is 0.233. The molecule has 0 aromatic heterocycles. The standard InChI is InChI=1S/C24H26N2O5S/c1-17-9-7-8-12-20(17)25-24(27)21(15-18-10-5-4-6-11-18)26-32(28,29)19-13-14-22(30-2)23(16-19)31-3/h4-14,16,21,26H,15H2,1-3H3,(H,25,27)/t21-/m1/s1. The van der Waals surface area contributed by atoms with Gasteiger partial charge in [-0.05, 0) is 42.7 Å². The first-order chi connectivity index (χ1) is 15.3. The number of carbonyl (C=O) groups is 1. The Morgan fingerprint density at radius 1 is 0.906 bits per heavy atom. The molecule has 3 rings (SSSR count). The van der Waals surface area contributed by atoms with Crippen LogP contribution in [-0.2, 0) is 21.2 Å². The van der Waals surface area contributed by atoms with Crippen LogP contribution in [0.4, 0.5) is 5.69 Å². The van der Waals surface area contributed by atoms with Crippen molar-refractivity contribution in [2.75, 3.05) is 19.5 Å². The number of anilines is 1. The molecule has 0 heterocycles. The average Bonchev–Trinajstić information content (AvgIpc) is 2.80. The van der Waals surface area contributed by atoms with E-state index in [9.17, 15) is 13.2 Å². The number of benzene rings is 3. The summed E-state index contributed by atoms with van der Waals surface area (Å²) in [4.78, 5) is 13.1. The first kappa shape index (κ1) is 23.3. The second-order valence-electron chi connectivity index (χ2n) is 7.18. The maximum absolute atomic E-state index is 13.1. The van der Waals surface area contributed by atoms with Gasteiger partial charge in [0.05, 0.1) is 19.1 Å². The highest BCUT2D eigenvalue weighted by molar-refractivity contribution is 7.89. The smallest absolute Gasteiger partial charge is 0.242 e. The molecule has 0 aliphatic carbocycles. The highest BCUT2D eigenvalue weighted by atomic mass is 32.2. The quantitative estimate of drug-likeness (QED) is 0.516. The van der Waals surface area contributed by atoms with Gasteiger partial charge >= 0.3 is 0 Å². The van der Waals surface area contributed by atoms with Crippen molar-refractivity contribution in [1.82, 2.24) is 4.72 Å². The molecule has 2 N–H and O–H groups in total. The van der Waals surface area contributed by atoms with Gasteiger partial charge in [0.15, 0.2) is 11.5 Å². The van der Waals surface area contributed by atoms with Crippen molar-refractivity contribution in [1.29, 1.82) is 0 Å². The van der Waals surface area contributed by atoms with Gasteiger partial charge in [0.1, 0.15) is 6.04 Å². The van der Waals surface area contributed by atoms with Crippen LogP contribution in [0.25, 0.3) is 0 Å². The maximum Gasteiger partial charge on any atom is 0.242 e. The molecule has 0 radical (unpaired) electrons. The van der Waals surface area contributed by atoms with Crippen LogP contribution in [0.15, 0.2) is 77.7 Å². The molecule has 7 nitrogen and oxygen atoms in total. The van der Waals surface area contributed by atoms with Crippen molar-refractivity contribution in [2.45, 2.75) is 24.3 Å². The average molecular weight is 455 g/mol. The zero-order valence-corrected chi connectivity index (χ0v) is 19.0. The number of methoxy groups -OCH3 is 2. The lowest BCUT2D eigenvalue weighted by atomic mass is 10.1. The molecular weight excluding hydrogens is 428 g/mol. The summed E-state index contributed by atoms with van der Waals surface area (Å²) in [6, 6.07) is 19.8. The van der Waals surface area contributed by atoms with Crippen LogP contribution < -0.4 is 19.5 Å². The monoisotopic (exact) mass is 454 g/mol. The lowest BCUT2D eigenvalue weighted by Gasteiger charge is -2.20. The highest BCUT2D eigenvalue weighted by Gasteiger charge is 2.27. The second-order valence-corrected chi connectivity index (χ2v) is 8.90. The van der Waals surface area contributed by atoms with Gasteiger partial charge in [0.2, 0.25) is 15.9 Å². The molecule has 168 valence electrons. The summed E-state index contributed by atoms with van der Waals surface area (Å²) in [6.45, 7) is 1.87. The van der Waals surface area contributed by atoms with E-state index in [1.165, 1.54) is 32.4 Å². The maximum atomic E-state index is 13.1. The van der Waals surface area contributed by atoms with E-state index in [1.54, 1.807) is 6.07 Å². The summed E-state index contributed by atoms with van der Waals surface area (Å²) >= 11 is 0. The molecule has 0 saturated heterocycles. The minimum absolute atomic E-state index is 0.0306. The molecule has 8 heteroatoms. The summed E-state index contributed by atoms with van der Waals surface area (Å²) < 4.78 is 39.2. The predicted octanol–water partition coefficient (Wildman–Crippen LogP) is 3.54. The summed E-state index contributed by atoms with van der Waals surface area (Å²) in [7, 11) is -1.14. The molecule has 1 amide bonds. The summed E-state index contributed by atoms with van der Waals surface area (Å²) in [6.07, 6.45) is 0.186. The fraction of sp³-hybridized carbons (Fsp3) is 0.208. The van der Waals surface area contributed by atoms with Crippen molar-refractivity contribution in [3.8, 4) is 11.5 Å². The van der Waals surface area contributed by atoms with Crippen LogP contribution >= 0.6 is 0 Å². The van der Waals surface area contributed by atoms with E-state index in [4.69, 9.17) is 9.47 Å². The van der Waals surface area contributed by atoms with Crippen LogP contribution in [0.1, 0.15) is 11.1 Å². The third kappa shape index (κ3) is 5.66. The Bertz CT molecular complexity index is 1180. The molecule has 0 unspecified atom stereocenters. The van der Waals surface area contributed by atoms with Crippen LogP contribution in [0.3, 0.4) is 0 Å². The number of rotatable bonds is 9. The summed E-state index contributed by atoms with van der Waals surface area (Å²) in [5.41, 5.74) is 2.33. The van der Waals surface area contributed by atoms with Gasteiger partial charge in [0, 0.05) is 11.8 Å². The van der Waals surface area contributed by atoms with Crippen LogP contribution in [0, 0.1) is 6.92 Å². The van der Waals surface area contributed by atoms with E-state index in [2.05, 4.69) is 10.0 Å². The normalized spacial score (nSPS) is 12.1. The number of aryl methyl sites for hydroxylation is 1. The van der Waals surface area contributed by atoms with Crippen LogP contribution in [0.5, 0.6) is 11.5 Å². The van der Waals surface area contributed by atoms with Gasteiger partial charge < -0.3 is 14.8 Å². The fourth-order valence-electron chi connectivity index (χ4n) is 3.21. The van der Waals surface area contributed by atoms with Crippen molar-refractivity contribution in [2.24, 2.45) is 0 Å². The number of ether oxygens (including phenoxy) is 2. The number of carbonyl (C=O) groups excluding carboxylic acids is 1. The Kier molecular flexibility index (Phi) is 7.50. The Balaban J connectivity index is 1.90. The molecule has 3 aromatic rings. The number of hydrogen-bond donors (Lipinski definition) is 2. The van der Waals surface area contributed by atoms with E-state index in [1.807, 2.05) is 55.5 Å². The number of nitrogens with one attached hydrogen (secondary N) is 2. The molecule has 0 saturated carbocycles. The van der Waals surface area contributed by atoms with Crippen LogP contribution in [0.2, 0.25) is 0 Å². The number of hydrogen-bond acceptors (Lipinski definition) is 5. The van der Waals surface area contributed by atoms with Crippen molar-refractivity contribution in [3.63, 3.8) is 0 Å². The van der Waals surface area contributed by atoms with Crippen molar-refractivity contribution >= 4 is 21.6 Å². The van der Waals surface area contributed by atoms with Gasteiger partial charge in [-0.15, -0.1) is 0 Å². The number of sulfonamides is 1. The topological polar surface area (TPSA) is 93.7 Å². The molecule has 0 aliphatic rings. The first-order valence-corrected chi connectivity index (χ1v) is 11.5. The number of amides is 1. The zero-order chi connectivity index (χ0) is 23.1. The SMILES string of the molecule is COc1ccc(S(=O)(=O)N[C@H](Cc2ccccc2)C(=O)Nc2ccccc2C)cc1OC. The minimum atomic E-state index is -4.03. The first-order valence-electron chi connectivity index (χ1n) is 9.99. The van der Waals surface area contributed by atoms with Gasteiger partial charge in [-0.3, -0.25) is 4.79 Å². The Hall–Kier alpha value is -3.36. The molecule has 0 aliphatic heterocycles. The third-order valence-corrected chi connectivity index (χ3v) is 6.43. The van der Waals surface area contributed by atoms with Crippen LogP contribution in [-0.4, -0.2) is 34.6 Å². The third-order valence-electron chi connectivity index (χ3n) is 4.96. The van der Waals surface area contributed by atoms with Crippen molar-refractivity contribution < 1.29 is 22.7 Å². The number of para-hydroxylation sites is 1. The largest absolute Gasteiger partial charge is 0.493 e. The van der Waals surface area contributed by atoms with Gasteiger partial charge in [-0.25, -0.2) is 8.42 Å². The van der Waals surface area contributed by atoms with Gasteiger partial charge in [-0.2, -0.15) is 4.72 Å². The Morgan fingerprint density at radius 3 is 2.22 bits per heavy atom. The van der Waals surface area contributed by atoms with Gasteiger partial charge in [-0.1, -0.05) is 48.5 Å². The molecular formula is C24H26N2O5S. The highest BCUT2D eigenvalue weighted by Crippen LogP contribution is 2.29. The lowest BCUT2D eigenvalue weighted by Crippen LogP contribution is -2.45. The molecule has 0 spiro atoms. The van der Waals surface area contributed by atoms with E-state index in [0.29, 0.717) is 11.4 Å². The molecule has 0 fully saturated rings. The lowest BCUT2D eigenvalue weighted by molar-refractivity contribution is -0.117. The van der Waals surface area contributed by atoms with E-state index in [-0.39, 0.29) is 17.1 Å². The molecule has 32 heavy (non-hydrogen) atoms. The zero-order valence-electron chi connectivity index (χ0n) is 18.2. The summed E-state index contributed by atoms with van der Waals surface area (Å²) in [5, 5.41) is 2.83. The minimum Gasteiger partial charge on any atom is -0.493 e. The molecule has 1 atom stereocenters. The van der Waals surface area contributed by atoms with Crippen molar-refractivity contribution in [3.05, 3.63) is 83.9 Å². The van der Waals surface area contributed by atoms with Gasteiger partial charge in [0.25, 0.3) is 0 Å². The molecule has 0 bridgehead atoms. The van der Waals surface area contributed by atoms with E-state index < -0.39 is 22.0 Å². The molecule has 3 aromatic carbocycles. The second kappa shape index (κ2) is 10.3. The Labute approximate surface area is 188 Å². The van der Waals surface area contributed by atoms with E-state index >= 15 is 0 Å². The predicted molar refractivity (Wildman–Crippen MR) is 124 cm³/mol.